The highest BCUT2D eigenvalue weighted by atomic mass is 16.3. The van der Waals surface area contributed by atoms with Gasteiger partial charge in [0.05, 0.1) is 11.7 Å². The predicted octanol–water partition coefficient (Wildman–Crippen LogP) is 2.20. The standard InChI is InChI=1S/C14H29NO2/c1-3-14(17,4-2)13(16)12(15)10-11-8-6-5-7-9-11/h11-13,16-17H,3-10,15H2,1-2H3/t12-,13+/m0/s1. The molecule has 4 N–H and O–H groups in total. The van der Waals surface area contributed by atoms with Crippen LogP contribution in [0.25, 0.3) is 0 Å². The summed E-state index contributed by atoms with van der Waals surface area (Å²) in [4.78, 5) is 0. The topological polar surface area (TPSA) is 66.5 Å². The molecule has 1 aliphatic rings. The zero-order valence-electron chi connectivity index (χ0n) is 11.4. The quantitative estimate of drug-likeness (QED) is 0.670. The summed E-state index contributed by atoms with van der Waals surface area (Å²) in [5.74, 6) is 0.645. The molecule has 1 rings (SSSR count). The minimum Gasteiger partial charge on any atom is -0.389 e. The van der Waals surface area contributed by atoms with Gasteiger partial charge in [-0.05, 0) is 25.2 Å². The van der Waals surface area contributed by atoms with Crippen LogP contribution in [-0.2, 0) is 0 Å². The van der Waals surface area contributed by atoms with Crippen molar-refractivity contribution in [2.24, 2.45) is 11.7 Å². The normalized spacial score (nSPS) is 22.4. The average Bonchev–Trinajstić information content (AvgIpc) is 2.38. The van der Waals surface area contributed by atoms with Crippen LogP contribution in [0.3, 0.4) is 0 Å². The highest BCUT2D eigenvalue weighted by Crippen LogP contribution is 2.30. The largest absolute Gasteiger partial charge is 0.389 e. The molecule has 0 aromatic carbocycles. The van der Waals surface area contributed by atoms with Gasteiger partial charge in [-0.25, -0.2) is 0 Å². The summed E-state index contributed by atoms with van der Waals surface area (Å²) in [6.45, 7) is 3.81. The van der Waals surface area contributed by atoms with E-state index in [0.29, 0.717) is 18.8 Å². The van der Waals surface area contributed by atoms with Gasteiger partial charge < -0.3 is 15.9 Å². The first kappa shape index (κ1) is 14.9. The van der Waals surface area contributed by atoms with E-state index in [-0.39, 0.29) is 6.04 Å². The molecular formula is C14H29NO2. The molecule has 2 atom stereocenters. The Kier molecular flexibility index (Phi) is 5.90. The number of nitrogens with two attached hydrogens (primary N) is 1. The molecule has 102 valence electrons. The number of rotatable bonds is 6. The summed E-state index contributed by atoms with van der Waals surface area (Å²) in [6, 6.07) is -0.289. The fourth-order valence-electron chi connectivity index (χ4n) is 3.00. The molecule has 0 amide bonds. The molecule has 0 aliphatic heterocycles. The van der Waals surface area contributed by atoms with Crippen LogP contribution in [0.15, 0.2) is 0 Å². The third kappa shape index (κ3) is 3.94. The van der Waals surface area contributed by atoms with E-state index in [1.165, 1.54) is 32.1 Å². The molecule has 3 heteroatoms. The van der Waals surface area contributed by atoms with E-state index < -0.39 is 11.7 Å². The fraction of sp³-hybridized carbons (Fsp3) is 1.00. The van der Waals surface area contributed by atoms with Crippen molar-refractivity contribution in [3.8, 4) is 0 Å². The molecule has 17 heavy (non-hydrogen) atoms. The second-order valence-electron chi connectivity index (χ2n) is 5.66. The molecule has 0 unspecified atom stereocenters. The Morgan fingerprint density at radius 1 is 1.18 bits per heavy atom. The lowest BCUT2D eigenvalue weighted by Crippen LogP contribution is -2.52. The molecule has 1 aliphatic carbocycles. The molecule has 0 bridgehead atoms. The smallest absolute Gasteiger partial charge is 0.0977 e. The SMILES string of the molecule is CCC(O)(CC)[C@H](O)[C@@H](N)CC1CCCCC1. The summed E-state index contributed by atoms with van der Waals surface area (Å²) < 4.78 is 0. The maximum Gasteiger partial charge on any atom is 0.0977 e. The van der Waals surface area contributed by atoms with Gasteiger partial charge in [-0.3, -0.25) is 0 Å². The molecule has 0 radical (unpaired) electrons. The van der Waals surface area contributed by atoms with Gasteiger partial charge in [0.25, 0.3) is 0 Å². The van der Waals surface area contributed by atoms with Crippen molar-refractivity contribution in [3.63, 3.8) is 0 Å². The molecule has 1 saturated carbocycles. The van der Waals surface area contributed by atoms with Crippen molar-refractivity contribution in [3.05, 3.63) is 0 Å². The number of hydrogen-bond donors (Lipinski definition) is 3. The van der Waals surface area contributed by atoms with E-state index in [0.717, 1.165) is 6.42 Å². The molecule has 0 spiro atoms. The third-order valence-corrected chi connectivity index (χ3v) is 4.51. The van der Waals surface area contributed by atoms with Crippen LogP contribution < -0.4 is 5.73 Å². The van der Waals surface area contributed by atoms with Gasteiger partial charge in [0.2, 0.25) is 0 Å². The van der Waals surface area contributed by atoms with Crippen molar-refractivity contribution in [2.75, 3.05) is 0 Å². The summed E-state index contributed by atoms with van der Waals surface area (Å²) in [5, 5.41) is 20.5. The zero-order valence-corrected chi connectivity index (χ0v) is 11.4. The zero-order chi connectivity index (χ0) is 12.9. The fourth-order valence-corrected chi connectivity index (χ4v) is 3.00. The van der Waals surface area contributed by atoms with E-state index in [4.69, 9.17) is 5.73 Å². The van der Waals surface area contributed by atoms with Crippen molar-refractivity contribution >= 4 is 0 Å². The van der Waals surface area contributed by atoms with Crippen LogP contribution in [0, 0.1) is 5.92 Å². The van der Waals surface area contributed by atoms with Crippen LogP contribution in [0.4, 0.5) is 0 Å². The maximum absolute atomic E-state index is 10.3. The van der Waals surface area contributed by atoms with Gasteiger partial charge in [0, 0.05) is 6.04 Å². The van der Waals surface area contributed by atoms with Gasteiger partial charge in [-0.1, -0.05) is 46.0 Å². The van der Waals surface area contributed by atoms with Gasteiger partial charge in [0.1, 0.15) is 0 Å². The van der Waals surface area contributed by atoms with Crippen LogP contribution in [-0.4, -0.2) is 28.0 Å². The van der Waals surface area contributed by atoms with Crippen molar-refractivity contribution < 1.29 is 10.2 Å². The Balaban J connectivity index is 2.47. The Bertz CT molecular complexity index is 210. The van der Waals surface area contributed by atoms with Crippen LogP contribution >= 0.6 is 0 Å². The van der Waals surface area contributed by atoms with E-state index in [2.05, 4.69) is 0 Å². The molecule has 0 saturated heterocycles. The van der Waals surface area contributed by atoms with Crippen LogP contribution in [0.1, 0.15) is 65.2 Å². The maximum atomic E-state index is 10.3. The Morgan fingerprint density at radius 3 is 2.18 bits per heavy atom. The van der Waals surface area contributed by atoms with E-state index in [9.17, 15) is 10.2 Å². The molecule has 1 fully saturated rings. The summed E-state index contributed by atoms with van der Waals surface area (Å²) in [6.07, 6.45) is 7.56. The monoisotopic (exact) mass is 243 g/mol. The Labute approximate surface area is 105 Å². The van der Waals surface area contributed by atoms with E-state index >= 15 is 0 Å². The van der Waals surface area contributed by atoms with Crippen LogP contribution in [0.5, 0.6) is 0 Å². The van der Waals surface area contributed by atoms with Crippen LogP contribution in [0.2, 0.25) is 0 Å². The second kappa shape index (κ2) is 6.72. The Morgan fingerprint density at radius 2 is 1.71 bits per heavy atom. The van der Waals surface area contributed by atoms with Gasteiger partial charge in [-0.2, -0.15) is 0 Å². The predicted molar refractivity (Wildman–Crippen MR) is 70.7 cm³/mol. The first-order valence-electron chi connectivity index (χ1n) is 7.19. The number of aliphatic hydroxyl groups is 2. The third-order valence-electron chi connectivity index (χ3n) is 4.51. The van der Waals surface area contributed by atoms with E-state index in [1.807, 2.05) is 13.8 Å². The highest BCUT2D eigenvalue weighted by Gasteiger charge is 2.36. The highest BCUT2D eigenvalue weighted by molar-refractivity contribution is 4.91. The van der Waals surface area contributed by atoms with Crippen molar-refractivity contribution in [1.29, 1.82) is 0 Å². The molecule has 0 aromatic heterocycles. The minimum absolute atomic E-state index is 0.289. The Hall–Kier alpha value is -0.120. The lowest BCUT2D eigenvalue weighted by Gasteiger charge is -2.36. The number of hydrogen-bond acceptors (Lipinski definition) is 3. The molecular weight excluding hydrogens is 214 g/mol. The van der Waals surface area contributed by atoms with Crippen molar-refractivity contribution in [2.45, 2.75) is 83.0 Å². The summed E-state index contributed by atoms with van der Waals surface area (Å²) in [5.41, 5.74) is 5.07. The first-order valence-corrected chi connectivity index (χ1v) is 7.19. The number of aliphatic hydroxyl groups excluding tert-OH is 1. The van der Waals surface area contributed by atoms with Gasteiger partial charge >= 0.3 is 0 Å². The van der Waals surface area contributed by atoms with Crippen molar-refractivity contribution in [1.82, 2.24) is 0 Å². The average molecular weight is 243 g/mol. The summed E-state index contributed by atoms with van der Waals surface area (Å²) in [7, 11) is 0. The lowest BCUT2D eigenvalue weighted by molar-refractivity contribution is -0.0926. The first-order chi connectivity index (χ1) is 8.03. The van der Waals surface area contributed by atoms with Gasteiger partial charge in [-0.15, -0.1) is 0 Å². The second-order valence-corrected chi connectivity index (χ2v) is 5.66. The van der Waals surface area contributed by atoms with Gasteiger partial charge in [0.15, 0.2) is 0 Å². The molecule has 3 nitrogen and oxygen atoms in total. The minimum atomic E-state index is -1.01. The lowest BCUT2D eigenvalue weighted by atomic mass is 9.79. The van der Waals surface area contributed by atoms with E-state index in [1.54, 1.807) is 0 Å². The molecule has 0 heterocycles. The summed E-state index contributed by atoms with van der Waals surface area (Å²) >= 11 is 0. The molecule has 0 aromatic rings.